The number of nitro groups is 1. The van der Waals surface area contributed by atoms with Crippen LogP contribution in [0.1, 0.15) is 33.2 Å². The maximum absolute atomic E-state index is 13.0. The van der Waals surface area contributed by atoms with Gasteiger partial charge < -0.3 is 15.9 Å². The van der Waals surface area contributed by atoms with E-state index in [0.717, 1.165) is 0 Å². The summed E-state index contributed by atoms with van der Waals surface area (Å²) in [6, 6.07) is 17.2. The number of nitrogens with one attached hydrogen (secondary N) is 1. The van der Waals surface area contributed by atoms with Gasteiger partial charge in [-0.05, 0) is 48.5 Å². The molecule has 10 heteroatoms. The third-order valence-electron chi connectivity index (χ3n) is 4.47. The van der Waals surface area contributed by atoms with Gasteiger partial charge in [0.05, 0.1) is 10.5 Å². The first kappa shape index (κ1) is 22.8. The van der Waals surface area contributed by atoms with E-state index in [4.69, 9.17) is 10.6 Å². The molecule has 0 aromatic heterocycles. The number of non-ortho nitro benzene ring substituents is 1. The Hall–Kier alpha value is -4.86. The molecule has 3 aromatic carbocycles. The summed E-state index contributed by atoms with van der Waals surface area (Å²) in [7, 11) is 0. The molecular formula is C23H18N4O6. The van der Waals surface area contributed by atoms with Crippen molar-refractivity contribution in [1.82, 2.24) is 0 Å². The van der Waals surface area contributed by atoms with Gasteiger partial charge in [0.15, 0.2) is 0 Å². The number of carbonyl (C=O) groups is 3. The summed E-state index contributed by atoms with van der Waals surface area (Å²) in [6.45, 7) is 1.37. The van der Waals surface area contributed by atoms with Crippen molar-refractivity contribution in [3.05, 3.63) is 99.6 Å². The summed E-state index contributed by atoms with van der Waals surface area (Å²) in [6.07, 6.45) is 0. The zero-order valence-corrected chi connectivity index (χ0v) is 17.3. The molecule has 0 aliphatic rings. The van der Waals surface area contributed by atoms with Crippen LogP contribution < -0.4 is 15.9 Å². The third kappa shape index (κ3) is 5.44. The quantitative estimate of drug-likeness (QED) is 0.107. The number of ether oxygens (including phenoxy) is 1. The number of nitrogens with two attached hydrogens (primary N) is 1. The van der Waals surface area contributed by atoms with Crippen molar-refractivity contribution in [3.63, 3.8) is 0 Å². The third-order valence-corrected chi connectivity index (χ3v) is 4.47. The summed E-state index contributed by atoms with van der Waals surface area (Å²) in [5.41, 5.74) is 0.731. The molecule has 33 heavy (non-hydrogen) atoms. The second-order valence-corrected chi connectivity index (χ2v) is 6.76. The first-order valence-electron chi connectivity index (χ1n) is 9.56. The van der Waals surface area contributed by atoms with Crippen molar-refractivity contribution in [3.8, 4) is 5.75 Å². The number of anilines is 1. The molecule has 0 saturated heterocycles. The van der Waals surface area contributed by atoms with E-state index >= 15 is 0 Å². The lowest BCUT2D eigenvalue weighted by atomic mass is 9.99. The van der Waals surface area contributed by atoms with E-state index in [1.165, 1.54) is 55.5 Å². The lowest BCUT2D eigenvalue weighted by molar-refractivity contribution is -0.384. The van der Waals surface area contributed by atoms with Crippen LogP contribution in [0.3, 0.4) is 0 Å². The van der Waals surface area contributed by atoms with E-state index in [1.807, 2.05) is 0 Å². The predicted octanol–water partition coefficient (Wildman–Crippen LogP) is 3.32. The molecule has 10 nitrogen and oxygen atoms in total. The highest BCUT2D eigenvalue weighted by molar-refractivity contribution is 6.52. The summed E-state index contributed by atoms with van der Waals surface area (Å²) in [5.74, 6) is 3.99. The Kier molecular flexibility index (Phi) is 6.89. The van der Waals surface area contributed by atoms with Crippen LogP contribution in [0.15, 0.2) is 77.9 Å². The molecule has 0 radical (unpaired) electrons. The van der Waals surface area contributed by atoms with Crippen LogP contribution >= 0.6 is 0 Å². The fraction of sp³-hybridized carbons (Fsp3) is 0.0435. The topological polar surface area (TPSA) is 154 Å². The second kappa shape index (κ2) is 9.96. The molecule has 0 bridgehead atoms. The first-order valence-corrected chi connectivity index (χ1v) is 9.56. The summed E-state index contributed by atoms with van der Waals surface area (Å²) in [5, 5.41) is 17.0. The van der Waals surface area contributed by atoms with Crippen LogP contribution in [-0.2, 0) is 4.79 Å². The van der Waals surface area contributed by atoms with Crippen LogP contribution in [0.5, 0.6) is 5.75 Å². The van der Waals surface area contributed by atoms with Crippen molar-refractivity contribution >= 4 is 34.7 Å². The number of Topliss-reactive ketones (excluding diaryl/α,β-unsaturated/α-hetero) is 1. The normalized spacial score (nSPS) is 10.9. The highest BCUT2D eigenvalue weighted by Gasteiger charge is 2.22. The fourth-order valence-corrected chi connectivity index (χ4v) is 2.92. The minimum Gasteiger partial charge on any atom is -0.422 e. The summed E-state index contributed by atoms with van der Waals surface area (Å²) < 4.78 is 5.42. The molecule has 3 rings (SSSR count). The number of carbonyl (C=O) groups excluding carboxylic acids is 3. The first-order chi connectivity index (χ1) is 15.8. The molecule has 0 fully saturated rings. The Bertz CT molecular complexity index is 1250. The molecular weight excluding hydrogens is 428 g/mol. The number of amides is 1. The van der Waals surface area contributed by atoms with Gasteiger partial charge in [0.2, 0.25) is 11.7 Å². The Labute approximate surface area is 187 Å². The van der Waals surface area contributed by atoms with E-state index in [-0.39, 0.29) is 39.7 Å². The lowest BCUT2D eigenvalue weighted by Crippen LogP contribution is -2.20. The average Bonchev–Trinajstić information content (AvgIpc) is 2.80. The lowest BCUT2D eigenvalue weighted by Gasteiger charge is -2.11. The van der Waals surface area contributed by atoms with Crippen molar-refractivity contribution in [2.45, 2.75) is 6.92 Å². The molecule has 0 aliphatic heterocycles. The minimum absolute atomic E-state index is 0.0354. The predicted molar refractivity (Wildman–Crippen MR) is 120 cm³/mol. The SMILES string of the molecule is CC(=O)Nc1ccc(C(=O)/C(=N/N)c2ccccc2OC(=O)c2ccc([N+](=O)[O-])cc2)cc1. The van der Waals surface area contributed by atoms with E-state index in [9.17, 15) is 24.5 Å². The molecule has 0 spiro atoms. The smallest absolute Gasteiger partial charge is 0.343 e. The standard InChI is InChI=1S/C23H18N4O6/c1-14(28)25-17-10-6-15(7-11-17)22(29)21(26-24)19-4-2-3-5-20(19)33-23(30)16-8-12-18(13-9-16)27(31)32/h2-13H,24H2,1H3,(H,25,28)/b26-21+. The zero-order valence-electron chi connectivity index (χ0n) is 17.3. The molecule has 0 heterocycles. The zero-order chi connectivity index (χ0) is 24.0. The number of hydrogen-bond acceptors (Lipinski definition) is 8. The molecule has 1 amide bonds. The highest BCUT2D eigenvalue weighted by Crippen LogP contribution is 2.23. The number of nitro benzene ring substituents is 1. The Balaban J connectivity index is 1.85. The fourth-order valence-electron chi connectivity index (χ4n) is 2.92. The van der Waals surface area contributed by atoms with Crippen LogP contribution in [-0.4, -0.2) is 28.3 Å². The molecule has 3 N–H and O–H groups in total. The maximum atomic E-state index is 13.0. The number of hydrogen-bond donors (Lipinski definition) is 2. The van der Waals surface area contributed by atoms with Gasteiger partial charge in [-0.1, -0.05) is 12.1 Å². The molecule has 166 valence electrons. The molecule has 3 aromatic rings. The molecule has 0 atom stereocenters. The van der Waals surface area contributed by atoms with Crippen molar-refractivity contribution in [1.29, 1.82) is 0 Å². The van der Waals surface area contributed by atoms with Gasteiger partial charge in [0, 0.05) is 35.9 Å². The van der Waals surface area contributed by atoms with Crippen molar-refractivity contribution in [2.24, 2.45) is 10.9 Å². The Morgan fingerprint density at radius 2 is 1.55 bits per heavy atom. The van der Waals surface area contributed by atoms with Crippen molar-refractivity contribution in [2.75, 3.05) is 5.32 Å². The minimum atomic E-state index is -0.777. The van der Waals surface area contributed by atoms with Gasteiger partial charge in [0.25, 0.3) is 5.69 Å². The number of benzene rings is 3. The van der Waals surface area contributed by atoms with Gasteiger partial charge >= 0.3 is 5.97 Å². The maximum Gasteiger partial charge on any atom is 0.343 e. The van der Waals surface area contributed by atoms with Gasteiger partial charge in [-0.25, -0.2) is 4.79 Å². The molecule has 0 unspecified atom stereocenters. The highest BCUT2D eigenvalue weighted by atomic mass is 16.6. The Morgan fingerprint density at radius 1 is 0.939 bits per heavy atom. The van der Waals surface area contributed by atoms with E-state index in [0.29, 0.717) is 5.69 Å². The van der Waals surface area contributed by atoms with Gasteiger partial charge in [-0.3, -0.25) is 19.7 Å². The largest absolute Gasteiger partial charge is 0.422 e. The Morgan fingerprint density at radius 3 is 2.12 bits per heavy atom. The van der Waals surface area contributed by atoms with Gasteiger partial charge in [-0.15, -0.1) is 0 Å². The van der Waals surface area contributed by atoms with Crippen molar-refractivity contribution < 1.29 is 24.0 Å². The van der Waals surface area contributed by atoms with E-state index < -0.39 is 16.7 Å². The van der Waals surface area contributed by atoms with Crippen LogP contribution in [0.2, 0.25) is 0 Å². The van der Waals surface area contributed by atoms with Gasteiger partial charge in [0.1, 0.15) is 11.5 Å². The van der Waals surface area contributed by atoms with E-state index in [1.54, 1.807) is 24.3 Å². The molecule has 0 saturated carbocycles. The average molecular weight is 446 g/mol. The number of para-hydroxylation sites is 1. The van der Waals surface area contributed by atoms with Crippen LogP contribution in [0, 0.1) is 10.1 Å². The summed E-state index contributed by atoms with van der Waals surface area (Å²) in [4.78, 5) is 46.9. The van der Waals surface area contributed by atoms with Crippen LogP contribution in [0.4, 0.5) is 11.4 Å². The monoisotopic (exact) mass is 446 g/mol. The molecule has 0 aliphatic carbocycles. The number of hydrazone groups is 1. The number of esters is 1. The number of ketones is 1. The van der Waals surface area contributed by atoms with E-state index in [2.05, 4.69) is 10.4 Å². The number of nitrogens with zero attached hydrogens (tertiary/aromatic N) is 2. The number of rotatable bonds is 7. The summed E-state index contributed by atoms with van der Waals surface area (Å²) >= 11 is 0. The van der Waals surface area contributed by atoms with Gasteiger partial charge in [-0.2, -0.15) is 5.10 Å². The van der Waals surface area contributed by atoms with Crippen LogP contribution in [0.25, 0.3) is 0 Å². The second-order valence-electron chi connectivity index (χ2n) is 6.76.